The molecule has 0 amide bonds. The molecule has 3 saturated carbocycles. The lowest BCUT2D eigenvalue weighted by molar-refractivity contribution is -0.0836. The largest absolute Gasteiger partial charge is 0.393 e. The molecular weight excluding hydrogens is 212 g/mol. The smallest absolute Gasteiger partial charge is 0.0737 e. The van der Waals surface area contributed by atoms with Gasteiger partial charge in [0.25, 0.3) is 0 Å². The summed E-state index contributed by atoms with van der Waals surface area (Å²) in [7, 11) is 0. The minimum atomic E-state index is -0.636. The summed E-state index contributed by atoms with van der Waals surface area (Å²) in [6, 6.07) is 0. The van der Waals surface area contributed by atoms with Gasteiger partial charge in [-0.3, -0.25) is 0 Å². The van der Waals surface area contributed by atoms with Gasteiger partial charge in [0.15, 0.2) is 0 Å². The highest BCUT2D eigenvalue weighted by Gasteiger charge is 2.68. The maximum atomic E-state index is 11.2. The molecule has 0 radical (unpaired) electrons. The minimum Gasteiger partial charge on any atom is -0.393 e. The van der Waals surface area contributed by atoms with Gasteiger partial charge in [-0.05, 0) is 48.3 Å². The summed E-state index contributed by atoms with van der Waals surface area (Å²) in [5, 5.41) is 21.3. The van der Waals surface area contributed by atoms with Gasteiger partial charge in [0.1, 0.15) is 0 Å². The van der Waals surface area contributed by atoms with Crippen molar-refractivity contribution in [1.29, 1.82) is 0 Å². The van der Waals surface area contributed by atoms with Gasteiger partial charge in [0, 0.05) is 5.92 Å². The molecule has 2 N–H and O–H groups in total. The lowest BCUT2D eigenvalue weighted by Gasteiger charge is -2.40. The zero-order valence-corrected chi connectivity index (χ0v) is 11.5. The molecule has 17 heavy (non-hydrogen) atoms. The minimum absolute atomic E-state index is 0.0305. The van der Waals surface area contributed by atoms with E-state index in [0.29, 0.717) is 11.3 Å². The fraction of sp³-hybridized carbons (Fsp3) is 1.00. The van der Waals surface area contributed by atoms with Crippen molar-refractivity contribution in [3.05, 3.63) is 0 Å². The van der Waals surface area contributed by atoms with E-state index in [4.69, 9.17) is 0 Å². The number of aliphatic hydroxyl groups excluding tert-OH is 1. The van der Waals surface area contributed by atoms with E-state index in [1.165, 1.54) is 12.8 Å². The Labute approximate surface area is 104 Å². The van der Waals surface area contributed by atoms with Gasteiger partial charge in [-0.2, -0.15) is 0 Å². The maximum Gasteiger partial charge on any atom is 0.0737 e. The Hall–Kier alpha value is -0.0800. The molecule has 0 spiro atoms. The third kappa shape index (κ3) is 1.46. The first-order valence-corrected chi connectivity index (χ1v) is 7.09. The van der Waals surface area contributed by atoms with Gasteiger partial charge in [0.2, 0.25) is 0 Å². The molecular formula is C15H26O2. The molecule has 0 aliphatic heterocycles. The van der Waals surface area contributed by atoms with Gasteiger partial charge in [0.05, 0.1) is 11.7 Å². The first-order chi connectivity index (χ1) is 7.69. The van der Waals surface area contributed by atoms with Crippen molar-refractivity contribution in [2.24, 2.45) is 28.6 Å². The molecule has 0 unspecified atom stereocenters. The number of aliphatic hydroxyl groups is 2. The summed E-state index contributed by atoms with van der Waals surface area (Å²) < 4.78 is 0. The topological polar surface area (TPSA) is 40.5 Å². The summed E-state index contributed by atoms with van der Waals surface area (Å²) in [4.78, 5) is 0. The second-order valence-corrected chi connectivity index (χ2v) is 8.09. The van der Waals surface area contributed by atoms with Crippen molar-refractivity contribution >= 4 is 0 Å². The standard InChI is InChI=1S/C15H26O2/c1-9-11(16)5-12-14(4)7-10(14)6-13(2,3)8-15(9,12)17/h9-12,16-17H,5-8H2,1-4H3/t9-,10-,11-,12-,14+,15+/m0/s1. The van der Waals surface area contributed by atoms with Crippen LogP contribution in [0.25, 0.3) is 0 Å². The second kappa shape index (κ2) is 3.08. The van der Waals surface area contributed by atoms with Crippen molar-refractivity contribution in [2.45, 2.75) is 65.1 Å². The van der Waals surface area contributed by atoms with E-state index in [0.717, 1.165) is 18.8 Å². The monoisotopic (exact) mass is 238 g/mol. The Morgan fingerprint density at radius 3 is 2.41 bits per heavy atom. The summed E-state index contributed by atoms with van der Waals surface area (Å²) in [5.74, 6) is 1.11. The molecule has 2 heteroatoms. The zero-order chi connectivity index (χ0) is 12.6. The highest BCUT2D eigenvalue weighted by Crippen LogP contribution is 2.71. The van der Waals surface area contributed by atoms with Crippen molar-refractivity contribution in [3.8, 4) is 0 Å². The van der Waals surface area contributed by atoms with Gasteiger partial charge in [-0.15, -0.1) is 0 Å². The molecule has 0 aromatic carbocycles. The van der Waals surface area contributed by atoms with Crippen LogP contribution in [0.1, 0.15) is 53.4 Å². The average Bonchev–Trinajstić information content (AvgIpc) is 2.75. The van der Waals surface area contributed by atoms with Gasteiger partial charge in [-0.1, -0.05) is 27.7 Å². The lowest BCUT2D eigenvalue weighted by atomic mass is 9.70. The molecule has 6 atom stereocenters. The normalized spacial score (nSPS) is 60.4. The van der Waals surface area contributed by atoms with E-state index in [1.807, 2.05) is 6.92 Å². The average molecular weight is 238 g/mol. The highest BCUT2D eigenvalue weighted by atomic mass is 16.3. The Bertz CT molecular complexity index is 351. The molecule has 0 saturated heterocycles. The van der Waals surface area contributed by atoms with Crippen LogP contribution in [0.4, 0.5) is 0 Å². The molecule has 3 aliphatic carbocycles. The van der Waals surface area contributed by atoms with Crippen LogP contribution in [0.5, 0.6) is 0 Å². The molecule has 0 bridgehead atoms. The van der Waals surface area contributed by atoms with Gasteiger partial charge < -0.3 is 10.2 Å². The van der Waals surface area contributed by atoms with E-state index in [2.05, 4.69) is 20.8 Å². The SMILES string of the molecule is C[C@H]1[C@@H](O)C[C@H]2[C@]3(C)C[C@@H]3CC(C)(C)C[C@@]12O. The molecule has 0 heterocycles. The van der Waals surface area contributed by atoms with Crippen molar-refractivity contribution < 1.29 is 10.2 Å². The number of hydrogen-bond acceptors (Lipinski definition) is 2. The lowest BCUT2D eigenvalue weighted by Crippen LogP contribution is -2.45. The Balaban J connectivity index is 2.03. The molecule has 2 nitrogen and oxygen atoms in total. The summed E-state index contributed by atoms with van der Waals surface area (Å²) in [5.41, 5.74) is -0.124. The van der Waals surface area contributed by atoms with Crippen LogP contribution >= 0.6 is 0 Å². The number of hydrogen-bond donors (Lipinski definition) is 2. The van der Waals surface area contributed by atoms with Gasteiger partial charge in [-0.25, -0.2) is 0 Å². The fourth-order valence-electron chi connectivity index (χ4n) is 5.13. The molecule has 0 aromatic heterocycles. The summed E-state index contributed by atoms with van der Waals surface area (Å²) >= 11 is 0. The predicted molar refractivity (Wildman–Crippen MR) is 67.5 cm³/mol. The van der Waals surface area contributed by atoms with Crippen molar-refractivity contribution in [1.82, 2.24) is 0 Å². The fourth-order valence-corrected chi connectivity index (χ4v) is 5.13. The second-order valence-electron chi connectivity index (χ2n) is 8.09. The Morgan fingerprint density at radius 2 is 1.76 bits per heavy atom. The van der Waals surface area contributed by atoms with Crippen LogP contribution in [0, 0.1) is 28.6 Å². The van der Waals surface area contributed by atoms with Crippen LogP contribution in [0.15, 0.2) is 0 Å². The third-order valence-electron chi connectivity index (χ3n) is 6.26. The first-order valence-electron chi connectivity index (χ1n) is 7.09. The Kier molecular flexibility index (Phi) is 2.17. The van der Waals surface area contributed by atoms with E-state index in [1.54, 1.807) is 0 Å². The van der Waals surface area contributed by atoms with Crippen molar-refractivity contribution in [2.75, 3.05) is 0 Å². The zero-order valence-electron chi connectivity index (χ0n) is 11.5. The maximum absolute atomic E-state index is 11.2. The van der Waals surface area contributed by atoms with Crippen LogP contribution in [0.3, 0.4) is 0 Å². The van der Waals surface area contributed by atoms with Crippen LogP contribution in [-0.4, -0.2) is 21.9 Å². The quantitative estimate of drug-likeness (QED) is 0.681. The molecule has 3 fully saturated rings. The predicted octanol–water partition coefficient (Wildman–Crippen LogP) is 2.58. The van der Waals surface area contributed by atoms with E-state index in [9.17, 15) is 10.2 Å². The number of rotatable bonds is 0. The molecule has 3 aliphatic rings. The van der Waals surface area contributed by atoms with Crippen molar-refractivity contribution in [3.63, 3.8) is 0 Å². The third-order valence-corrected chi connectivity index (χ3v) is 6.26. The molecule has 98 valence electrons. The van der Waals surface area contributed by atoms with E-state index in [-0.39, 0.29) is 17.4 Å². The van der Waals surface area contributed by atoms with Crippen LogP contribution in [0.2, 0.25) is 0 Å². The van der Waals surface area contributed by atoms with Crippen LogP contribution in [-0.2, 0) is 0 Å². The highest BCUT2D eigenvalue weighted by molar-refractivity contribution is 5.18. The Morgan fingerprint density at radius 1 is 1.12 bits per heavy atom. The summed E-state index contributed by atoms with van der Waals surface area (Å²) in [6.07, 6.45) is 3.85. The summed E-state index contributed by atoms with van der Waals surface area (Å²) in [6.45, 7) is 8.93. The van der Waals surface area contributed by atoms with E-state index < -0.39 is 5.60 Å². The van der Waals surface area contributed by atoms with E-state index >= 15 is 0 Å². The first kappa shape index (κ1) is 12.0. The van der Waals surface area contributed by atoms with Crippen LogP contribution < -0.4 is 0 Å². The molecule has 0 aromatic rings. The number of fused-ring (bicyclic) bond motifs is 3. The van der Waals surface area contributed by atoms with Gasteiger partial charge >= 0.3 is 0 Å². The molecule has 3 rings (SSSR count).